The van der Waals surface area contributed by atoms with E-state index >= 15 is 0 Å². The fraction of sp³-hybridized carbons (Fsp3) is 0.100. The van der Waals surface area contributed by atoms with Gasteiger partial charge in [0.05, 0.1) is 17.6 Å². The number of H-pyrrole nitrogens is 1. The Balaban J connectivity index is 1.27. The molecule has 0 aliphatic heterocycles. The number of hydrogen-bond acceptors (Lipinski definition) is 5. The molecule has 0 atom stereocenters. The quantitative estimate of drug-likeness (QED) is 0.233. The number of fused-ring (bicyclic) bond motifs is 1. The normalized spacial score (nSPS) is 10.8. The van der Waals surface area contributed by atoms with Crippen LogP contribution in [0.4, 0.5) is 17.1 Å². The number of imidazole rings is 1. The van der Waals surface area contributed by atoms with Crippen LogP contribution in [0.25, 0.3) is 22.4 Å². The molecule has 0 unspecified atom stereocenters. The number of benzene rings is 4. The second-order valence-electron chi connectivity index (χ2n) is 8.86. The molecule has 190 valence electrons. The lowest BCUT2D eigenvalue weighted by molar-refractivity contribution is 0.101. The molecule has 0 saturated carbocycles. The van der Waals surface area contributed by atoms with Crippen molar-refractivity contribution in [1.82, 2.24) is 9.97 Å². The number of aliphatic hydroxyl groups excluding tert-OH is 1. The molecule has 5 aromatic rings. The lowest BCUT2D eigenvalue weighted by Gasteiger charge is -2.18. The molecule has 0 radical (unpaired) electrons. The number of carbonyl (C=O) groups is 2. The molecule has 5 rings (SSSR count). The van der Waals surface area contributed by atoms with Crippen LogP contribution in [0.5, 0.6) is 0 Å². The van der Waals surface area contributed by atoms with E-state index in [0.717, 1.165) is 22.5 Å². The highest BCUT2D eigenvalue weighted by Crippen LogP contribution is 2.24. The number of amides is 2. The maximum Gasteiger partial charge on any atom is 0.255 e. The van der Waals surface area contributed by atoms with Gasteiger partial charge in [-0.15, -0.1) is 0 Å². The molecule has 0 aliphatic rings. The first-order valence-electron chi connectivity index (χ1n) is 12.2. The van der Waals surface area contributed by atoms with Crippen LogP contribution in [0.2, 0.25) is 0 Å². The summed E-state index contributed by atoms with van der Waals surface area (Å²) in [5, 5.41) is 14.9. The molecule has 8 heteroatoms. The van der Waals surface area contributed by atoms with E-state index in [1.54, 1.807) is 24.3 Å². The van der Waals surface area contributed by atoms with Gasteiger partial charge in [-0.05, 0) is 66.7 Å². The van der Waals surface area contributed by atoms with Gasteiger partial charge in [-0.2, -0.15) is 0 Å². The smallest absolute Gasteiger partial charge is 0.255 e. The molecule has 0 bridgehead atoms. The van der Waals surface area contributed by atoms with E-state index in [2.05, 4.69) is 20.6 Å². The van der Waals surface area contributed by atoms with Gasteiger partial charge in [0.2, 0.25) is 0 Å². The molecule has 4 aromatic carbocycles. The molecule has 0 aliphatic carbocycles. The van der Waals surface area contributed by atoms with E-state index in [4.69, 9.17) is 5.11 Å². The Kier molecular flexibility index (Phi) is 7.15. The van der Waals surface area contributed by atoms with Crippen LogP contribution in [0.15, 0.2) is 97.1 Å². The average molecular weight is 506 g/mol. The largest absolute Gasteiger partial charge is 0.395 e. The molecule has 1 aromatic heterocycles. The fourth-order valence-corrected chi connectivity index (χ4v) is 4.07. The first-order chi connectivity index (χ1) is 18.5. The standard InChI is InChI=1S/C30H27N5O3/c1-35(17-18-36)25-14-11-22(12-15-25)30(38)32-24-13-16-26-27(19-24)34-28(33-26)20-7-9-21(10-8-20)29(37)31-23-5-3-2-4-6-23/h2-16,19,36H,17-18H2,1H3,(H,31,37)(H,32,38)(H,33,34). The number of hydrogen-bond donors (Lipinski definition) is 4. The third-order valence-corrected chi connectivity index (χ3v) is 6.20. The summed E-state index contributed by atoms with van der Waals surface area (Å²) >= 11 is 0. The van der Waals surface area contributed by atoms with Gasteiger partial charge in [0, 0.05) is 47.3 Å². The summed E-state index contributed by atoms with van der Waals surface area (Å²) in [6.45, 7) is 0.582. The number of para-hydroxylation sites is 1. The van der Waals surface area contributed by atoms with Crippen molar-refractivity contribution in [1.29, 1.82) is 0 Å². The van der Waals surface area contributed by atoms with Gasteiger partial charge in [-0.3, -0.25) is 9.59 Å². The van der Waals surface area contributed by atoms with Crippen molar-refractivity contribution in [3.8, 4) is 11.4 Å². The van der Waals surface area contributed by atoms with Crippen LogP contribution in [0.3, 0.4) is 0 Å². The minimum absolute atomic E-state index is 0.0628. The van der Waals surface area contributed by atoms with Crippen LogP contribution >= 0.6 is 0 Å². The van der Waals surface area contributed by atoms with Crippen molar-refractivity contribution in [2.45, 2.75) is 0 Å². The van der Waals surface area contributed by atoms with Gasteiger partial charge in [0.1, 0.15) is 5.82 Å². The summed E-state index contributed by atoms with van der Waals surface area (Å²) in [5.41, 5.74) is 5.77. The summed E-state index contributed by atoms with van der Waals surface area (Å²) in [5.74, 6) is 0.265. The second-order valence-corrected chi connectivity index (χ2v) is 8.86. The molecule has 0 saturated heterocycles. The summed E-state index contributed by atoms with van der Waals surface area (Å²) in [7, 11) is 1.88. The van der Waals surface area contributed by atoms with E-state index in [0.29, 0.717) is 34.7 Å². The lowest BCUT2D eigenvalue weighted by Crippen LogP contribution is -2.21. The van der Waals surface area contributed by atoms with Gasteiger partial charge in [0.15, 0.2) is 0 Å². The van der Waals surface area contributed by atoms with Crippen molar-refractivity contribution < 1.29 is 14.7 Å². The highest BCUT2D eigenvalue weighted by Gasteiger charge is 2.11. The summed E-state index contributed by atoms with van der Waals surface area (Å²) in [4.78, 5) is 35.2. The van der Waals surface area contributed by atoms with Gasteiger partial charge in [0.25, 0.3) is 11.8 Å². The number of rotatable bonds is 8. The van der Waals surface area contributed by atoms with Crippen LogP contribution < -0.4 is 15.5 Å². The van der Waals surface area contributed by atoms with Gasteiger partial charge in [-0.1, -0.05) is 30.3 Å². The molecule has 0 spiro atoms. The Morgan fingerprint density at radius 1 is 0.816 bits per heavy atom. The first kappa shape index (κ1) is 24.7. The molecular formula is C30H27N5O3. The van der Waals surface area contributed by atoms with Gasteiger partial charge >= 0.3 is 0 Å². The van der Waals surface area contributed by atoms with E-state index in [1.165, 1.54) is 0 Å². The number of aliphatic hydroxyl groups is 1. The number of aromatic amines is 1. The number of aromatic nitrogens is 2. The third-order valence-electron chi connectivity index (χ3n) is 6.20. The minimum Gasteiger partial charge on any atom is -0.395 e. The molecule has 0 fully saturated rings. The predicted molar refractivity (Wildman–Crippen MR) is 151 cm³/mol. The van der Waals surface area contributed by atoms with E-state index in [-0.39, 0.29) is 18.4 Å². The first-order valence-corrected chi connectivity index (χ1v) is 12.2. The molecule has 8 nitrogen and oxygen atoms in total. The number of carbonyl (C=O) groups excluding carboxylic acids is 2. The maximum absolute atomic E-state index is 12.8. The summed E-state index contributed by atoms with van der Waals surface area (Å²) in [6, 6.07) is 29.3. The molecule has 38 heavy (non-hydrogen) atoms. The Labute approximate surface area is 220 Å². The van der Waals surface area contributed by atoms with Gasteiger partial charge < -0.3 is 25.6 Å². The van der Waals surface area contributed by atoms with E-state index in [1.807, 2.05) is 84.7 Å². The Morgan fingerprint density at radius 2 is 1.45 bits per heavy atom. The van der Waals surface area contributed by atoms with Crippen molar-refractivity contribution in [2.24, 2.45) is 0 Å². The van der Waals surface area contributed by atoms with Crippen LogP contribution in [-0.4, -0.2) is 47.1 Å². The summed E-state index contributed by atoms with van der Waals surface area (Å²) < 4.78 is 0. The number of nitrogens with one attached hydrogen (secondary N) is 3. The highest BCUT2D eigenvalue weighted by atomic mass is 16.3. The van der Waals surface area contributed by atoms with Crippen LogP contribution in [-0.2, 0) is 0 Å². The zero-order valence-corrected chi connectivity index (χ0v) is 20.8. The minimum atomic E-state index is -0.221. The van der Waals surface area contributed by atoms with Crippen LogP contribution in [0, 0.1) is 0 Å². The molecular weight excluding hydrogens is 478 g/mol. The zero-order valence-electron chi connectivity index (χ0n) is 20.8. The molecule has 2 amide bonds. The van der Waals surface area contributed by atoms with E-state index in [9.17, 15) is 9.59 Å². The predicted octanol–water partition coefficient (Wildman–Crippen LogP) is 5.16. The Hall–Kier alpha value is -4.95. The van der Waals surface area contributed by atoms with E-state index < -0.39 is 0 Å². The van der Waals surface area contributed by atoms with Crippen molar-refractivity contribution in [2.75, 3.05) is 35.7 Å². The molecule has 4 N–H and O–H groups in total. The topological polar surface area (TPSA) is 110 Å². The highest BCUT2D eigenvalue weighted by molar-refractivity contribution is 6.05. The number of nitrogens with zero attached hydrogens (tertiary/aromatic N) is 2. The SMILES string of the molecule is CN(CCO)c1ccc(C(=O)Nc2ccc3[nH]c(-c4ccc(C(=O)Nc5ccccc5)cc4)nc3c2)cc1. The fourth-order valence-electron chi connectivity index (χ4n) is 4.07. The van der Waals surface area contributed by atoms with Gasteiger partial charge in [-0.25, -0.2) is 4.98 Å². The Bertz CT molecular complexity index is 1560. The maximum atomic E-state index is 12.8. The summed E-state index contributed by atoms with van der Waals surface area (Å²) in [6.07, 6.45) is 0. The number of likely N-dealkylation sites (N-methyl/N-ethyl adjacent to an activating group) is 1. The lowest BCUT2D eigenvalue weighted by atomic mass is 10.1. The third kappa shape index (κ3) is 5.55. The van der Waals surface area contributed by atoms with Crippen LogP contribution in [0.1, 0.15) is 20.7 Å². The van der Waals surface area contributed by atoms with Crippen molar-refractivity contribution in [3.05, 3.63) is 108 Å². The monoisotopic (exact) mass is 505 g/mol. The Morgan fingerprint density at radius 3 is 2.11 bits per heavy atom. The zero-order chi connectivity index (χ0) is 26.5. The molecule has 1 heterocycles. The van der Waals surface area contributed by atoms with Crippen molar-refractivity contribution >= 4 is 39.9 Å². The average Bonchev–Trinajstić information content (AvgIpc) is 3.37. The van der Waals surface area contributed by atoms with Crippen molar-refractivity contribution in [3.63, 3.8) is 0 Å². The second kappa shape index (κ2) is 11.0. The number of anilines is 3.